The number of hydrogen-bond acceptors (Lipinski definition) is 9. The average molecular weight is 793 g/mol. The van der Waals surface area contributed by atoms with Gasteiger partial charge in [-0.3, -0.25) is 24.0 Å². The van der Waals surface area contributed by atoms with Gasteiger partial charge in [0.2, 0.25) is 5.91 Å². The summed E-state index contributed by atoms with van der Waals surface area (Å²) >= 11 is 0. The number of carbonyl (C=O) groups excluding carboxylic acids is 6. The minimum atomic E-state index is -1.29. The first kappa shape index (κ1) is 44.9. The molecule has 11 nitrogen and oxygen atoms in total. The minimum Gasteiger partial charge on any atom is -0.460 e. The molecule has 0 fully saturated rings. The molecule has 4 aromatic rings. The Balaban J connectivity index is 1.61. The molecule has 0 aromatic heterocycles. The number of hydrogen-bond donors (Lipinski definition) is 2. The molecule has 0 saturated heterocycles. The third-order valence-corrected chi connectivity index (χ3v) is 9.02. The van der Waals surface area contributed by atoms with Crippen molar-refractivity contribution in [2.45, 2.75) is 117 Å². The van der Waals surface area contributed by atoms with Crippen molar-refractivity contribution in [1.29, 1.82) is 0 Å². The highest BCUT2D eigenvalue weighted by Crippen LogP contribution is 2.21. The molecule has 0 aliphatic rings. The molecule has 308 valence electrons. The average Bonchev–Trinajstić information content (AvgIpc) is 3.14. The molecule has 4 rings (SSSR count). The predicted octanol–water partition coefficient (Wildman–Crippen LogP) is 7.71. The summed E-state index contributed by atoms with van der Waals surface area (Å²) in [6.45, 7) is 12.1. The number of ketones is 2. The fourth-order valence-electron chi connectivity index (χ4n) is 6.39. The van der Waals surface area contributed by atoms with E-state index in [9.17, 15) is 28.8 Å². The number of aryl methyl sites for hydroxylation is 1. The smallest absolute Gasteiger partial charge is 0.408 e. The lowest BCUT2D eigenvalue weighted by atomic mass is 9.90. The maximum Gasteiger partial charge on any atom is 0.408 e. The standard InChI is InChI=1S/C47H56N2O9/c1-31-14-13-17-33(24-31)27-40(50)38(22-23-42(52)57-46(2,3)4)48-44(54)37(29-43(53)58-47(5,6)7)28-41(51)39(49-45(55)56-30-32-15-9-8-10-16-32)26-34-20-21-35-18-11-12-19-36(35)25-34/h8-21,24-25,37-39H,22-23,26-30H2,1-7H3,(H,48,54)(H,49,55). The van der Waals surface area contributed by atoms with Gasteiger partial charge in [-0.1, -0.05) is 103 Å². The topological polar surface area (TPSA) is 154 Å². The lowest BCUT2D eigenvalue weighted by molar-refractivity contribution is -0.157. The highest BCUT2D eigenvalue weighted by molar-refractivity contribution is 5.96. The molecule has 3 atom stereocenters. The minimum absolute atomic E-state index is 0.0283. The summed E-state index contributed by atoms with van der Waals surface area (Å²) in [7, 11) is 0. The fourth-order valence-corrected chi connectivity index (χ4v) is 6.39. The van der Waals surface area contributed by atoms with Crippen molar-refractivity contribution in [2.24, 2.45) is 5.92 Å². The van der Waals surface area contributed by atoms with Crippen molar-refractivity contribution in [3.8, 4) is 0 Å². The maximum atomic E-state index is 14.3. The monoisotopic (exact) mass is 792 g/mol. The van der Waals surface area contributed by atoms with Gasteiger partial charge in [0.15, 0.2) is 11.6 Å². The Labute approximate surface area is 341 Å². The molecule has 0 aliphatic heterocycles. The zero-order valence-corrected chi connectivity index (χ0v) is 34.6. The number of nitrogens with one attached hydrogen (secondary N) is 2. The normalized spacial score (nSPS) is 13.1. The Hall–Kier alpha value is -5.84. The van der Waals surface area contributed by atoms with Crippen LogP contribution in [-0.2, 0) is 57.6 Å². The van der Waals surface area contributed by atoms with E-state index < -0.39 is 71.8 Å². The van der Waals surface area contributed by atoms with Crippen molar-refractivity contribution in [3.05, 3.63) is 119 Å². The largest absolute Gasteiger partial charge is 0.460 e. The highest BCUT2D eigenvalue weighted by atomic mass is 16.6. The van der Waals surface area contributed by atoms with E-state index in [0.717, 1.165) is 33.0 Å². The van der Waals surface area contributed by atoms with Crippen LogP contribution in [0, 0.1) is 12.8 Å². The molecule has 0 aliphatic carbocycles. The summed E-state index contributed by atoms with van der Waals surface area (Å²) in [5.41, 5.74) is 1.53. The molecule has 0 saturated carbocycles. The van der Waals surface area contributed by atoms with Gasteiger partial charge in [0.05, 0.1) is 24.4 Å². The third kappa shape index (κ3) is 15.6. The molecule has 0 bridgehead atoms. The summed E-state index contributed by atoms with van der Waals surface area (Å²) in [5.74, 6) is -4.20. The van der Waals surface area contributed by atoms with Crippen molar-refractivity contribution < 1.29 is 43.0 Å². The first-order valence-electron chi connectivity index (χ1n) is 19.6. The summed E-state index contributed by atoms with van der Waals surface area (Å²) in [5, 5.41) is 7.40. The van der Waals surface area contributed by atoms with Gasteiger partial charge in [0.1, 0.15) is 17.8 Å². The highest BCUT2D eigenvalue weighted by Gasteiger charge is 2.34. The molecule has 4 aromatic carbocycles. The predicted molar refractivity (Wildman–Crippen MR) is 222 cm³/mol. The van der Waals surface area contributed by atoms with Crippen LogP contribution in [0.5, 0.6) is 0 Å². The van der Waals surface area contributed by atoms with E-state index in [1.54, 1.807) is 59.7 Å². The van der Waals surface area contributed by atoms with Gasteiger partial charge in [-0.2, -0.15) is 0 Å². The summed E-state index contributed by atoms with van der Waals surface area (Å²) in [6.07, 6.45) is -2.00. The van der Waals surface area contributed by atoms with Gasteiger partial charge in [-0.05, 0) is 88.8 Å². The van der Waals surface area contributed by atoms with Crippen LogP contribution in [0.1, 0.15) is 89.5 Å². The van der Waals surface area contributed by atoms with Crippen LogP contribution in [-0.4, -0.2) is 58.8 Å². The van der Waals surface area contributed by atoms with Crippen LogP contribution in [0.4, 0.5) is 4.79 Å². The van der Waals surface area contributed by atoms with E-state index >= 15 is 0 Å². The molecular weight excluding hydrogens is 737 g/mol. The van der Waals surface area contributed by atoms with Gasteiger partial charge in [0.25, 0.3) is 0 Å². The summed E-state index contributed by atoms with van der Waals surface area (Å²) < 4.78 is 16.5. The Kier molecular flexibility index (Phi) is 15.9. The van der Waals surface area contributed by atoms with E-state index in [1.165, 1.54) is 0 Å². The zero-order valence-electron chi connectivity index (χ0n) is 34.6. The van der Waals surface area contributed by atoms with E-state index in [0.29, 0.717) is 0 Å². The lowest BCUT2D eigenvalue weighted by Crippen LogP contribution is -2.48. The third-order valence-electron chi connectivity index (χ3n) is 9.02. The zero-order chi connectivity index (χ0) is 42.5. The Morgan fingerprint density at radius 1 is 0.603 bits per heavy atom. The number of amides is 2. The Bertz CT molecular complexity index is 2060. The SMILES string of the molecule is Cc1cccc(CC(=O)C(CCC(=O)OC(C)(C)C)NC(=O)C(CC(=O)OC(C)(C)C)CC(=O)C(Cc2ccc3ccccc3c2)NC(=O)OCc2ccccc2)c1. The maximum absolute atomic E-state index is 14.3. The van der Waals surface area contributed by atoms with E-state index in [2.05, 4.69) is 10.6 Å². The van der Waals surface area contributed by atoms with Gasteiger partial charge < -0.3 is 24.8 Å². The molecular formula is C47H56N2O9. The molecule has 0 spiro atoms. The first-order chi connectivity index (χ1) is 27.3. The summed E-state index contributed by atoms with van der Waals surface area (Å²) in [6, 6.07) is 27.6. The lowest BCUT2D eigenvalue weighted by Gasteiger charge is -2.25. The molecule has 11 heteroatoms. The number of ether oxygens (including phenoxy) is 3. The Morgan fingerprint density at radius 3 is 1.91 bits per heavy atom. The second-order valence-corrected chi connectivity index (χ2v) is 16.6. The van der Waals surface area contributed by atoms with Crippen LogP contribution in [0.15, 0.2) is 97.1 Å². The van der Waals surface area contributed by atoms with Gasteiger partial charge in [0, 0.05) is 19.3 Å². The first-order valence-corrected chi connectivity index (χ1v) is 19.6. The number of alkyl carbamates (subject to hydrolysis) is 1. The number of rotatable bonds is 18. The van der Waals surface area contributed by atoms with Gasteiger partial charge in [-0.15, -0.1) is 0 Å². The number of Topliss-reactive ketones (excluding diaryl/α,β-unsaturated/α-hetero) is 2. The van der Waals surface area contributed by atoms with Crippen molar-refractivity contribution in [3.63, 3.8) is 0 Å². The van der Waals surface area contributed by atoms with Crippen LogP contribution >= 0.6 is 0 Å². The van der Waals surface area contributed by atoms with Crippen LogP contribution in [0.3, 0.4) is 0 Å². The van der Waals surface area contributed by atoms with Crippen LogP contribution < -0.4 is 10.6 Å². The van der Waals surface area contributed by atoms with Crippen molar-refractivity contribution in [2.75, 3.05) is 0 Å². The van der Waals surface area contributed by atoms with Crippen LogP contribution in [0.25, 0.3) is 10.8 Å². The van der Waals surface area contributed by atoms with Gasteiger partial charge in [-0.25, -0.2) is 4.79 Å². The van der Waals surface area contributed by atoms with Crippen molar-refractivity contribution >= 4 is 46.3 Å². The second kappa shape index (κ2) is 20.5. The Morgan fingerprint density at radius 2 is 1.24 bits per heavy atom. The molecule has 2 amide bonds. The molecule has 58 heavy (non-hydrogen) atoms. The van der Waals surface area contributed by atoms with E-state index in [1.807, 2.05) is 85.8 Å². The molecule has 0 heterocycles. The molecule has 0 radical (unpaired) electrons. The van der Waals surface area contributed by atoms with Crippen molar-refractivity contribution in [1.82, 2.24) is 10.6 Å². The number of benzene rings is 4. The van der Waals surface area contributed by atoms with Crippen LogP contribution in [0.2, 0.25) is 0 Å². The molecule has 3 unspecified atom stereocenters. The number of carbonyl (C=O) groups is 6. The van der Waals surface area contributed by atoms with E-state index in [-0.39, 0.29) is 38.1 Å². The number of fused-ring (bicyclic) bond motifs is 1. The fraction of sp³-hybridized carbons (Fsp3) is 0.404. The molecule has 2 N–H and O–H groups in total. The van der Waals surface area contributed by atoms with E-state index in [4.69, 9.17) is 14.2 Å². The second-order valence-electron chi connectivity index (χ2n) is 16.6. The number of esters is 2. The van der Waals surface area contributed by atoms with Gasteiger partial charge >= 0.3 is 18.0 Å². The quantitative estimate of drug-likeness (QED) is 0.0762. The summed E-state index contributed by atoms with van der Waals surface area (Å²) in [4.78, 5) is 81.5.